The van der Waals surface area contributed by atoms with Crippen LogP contribution in [0.15, 0.2) is 0 Å². The largest absolute Gasteiger partial charge is 0.338 e. The number of rotatable bonds is 3. The van der Waals surface area contributed by atoms with Gasteiger partial charge in [0.1, 0.15) is 0 Å². The third kappa shape index (κ3) is 2.43. The number of carbonyl (C=O) groups excluding carboxylic acids is 1. The lowest BCUT2D eigenvalue weighted by Crippen LogP contribution is -2.61. The molecule has 1 heterocycles. The Balaban J connectivity index is 1.32. The van der Waals surface area contributed by atoms with Crippen LogP contribution in [-0.2, 0) is 0 Å². The maximum absolute atomic E-state index is 12.2. The third-order valence-electron chi connectivity index (χ3n) is 6.13. The fraction of sp³-hybridized carbons (Fsp3) is 0.938. The number of hydrogen-bond acceptors (Lipinski definition) is 2. The molecule has 5 fully saturated rings. The summed E-state index contributed by atoms with van der Waals surface area (Å²) in [7, 11) is 0. The molecule has 5 aliphatic rings. The summed E-state index contributed by atoms with van der Waals surface area (Å²) in [6.07, 6.45) is 9.17. The number of hydrogen-bond donors (Lipinski definition) is 3. The molecule has 0 radical (unpaired) electrons. The summed E-state index contributed by atoms with van der Waals surface area (Å²) in [4.78, 5) is 12.2. The van der Waals surface area contributed by atoms with Gasteiger partial charge in [-0.3, -0.25) is 0 Å². The predicted octanol–water partition coefficient (Wildman–Crippen LogP) is 1.86. The molecule has 4 heteroatoms. The number of carbonyl (C=O) groups is 1. The monoisotopic (exact) mass is 277 g/mol. The standard InChI is InChI=1S/C16H27N3O/c20-15(18-10-11-1-2-17-9-11)19-16-6-12-3-13(7-16)5-14(4-12)8-16/h11-14,17H,1-10H2,(H2,18,19,20). The second-order valence-corrected chi connectivity index (χ2v) is 7.89. The molecule has 1 atom stereocenters. The van der Waals surface area contributed by atoms with Crippen molar-refractivity contribution in [1.29, 1.82) is 0 Å². The van der Waals surface area contributed by atoms with E-state index >= 15 is 0 Å². The van der Waals surface area contributed by atoms with Crippen LogP contribution in [0.2, 0.25) is 0 Å². The summed E-state index contributed by atoms with van der Waals surface area (Å²) in [6, 6.07) is 0.0823. The molecule has 4 nitrogen and oxygen atoms in total. The zero-order chi connectivity index (χ0) is 13.6. The Hall–Kier alpha value is -0.770. The Morgan fingerprint density at radius 1 is 1.10 bits per heavy atom. The van der Waals surface area contributed by atoms with E-state index in [1.165, 1.54) is 44.9 Å². The Labute approximate surface area is 121 Å². The summed E-state index contributed by atoms with van der Waals surface area (Å²) in [5.74, 6) is 3.29. The second kappa shape index (κ2) is 4.90. The van der Waals surface area contributed by atoms with Crippen LogP contribution in [0.3, 0.4) is 0 Å². The van der Waals surface area contributed by atoms with Crippen molar-refractivity contribution in [2.24, 2.45) is 23.7 Å². The first kappa shape index (κ1) is 12.9. The maximum atomic E-state index is 12.2. The van der Waals surface area contributed by atoms with Gasteiger partial charge in [0, 0.05) is 12.1 Å². The molecule has 0 aromatic heterocycles. The fourth-order valence-corrected chi connectivity index (χ4v) is 5.67. The molecule has 4 aliphatic carbocycles. The average molecular weight is 277 g/mol. The van der Waals surface area contributed by atoms with E-state index < -0.39 is 0 Å². The van der Waals surface area contributed by atoms with Crippen molar-refractivity contribution in [3.05, 3.63) is 0 Å². The molecule has 4 bridgehead atoms. The highest BCUT2D eigenvalue weighted by Crippen LogP contribution is 2.55. The fourth-order valence-electron chi connectivity index (χ4n) is 5.67. The molecule has 1 unspecified atom stereocenters. The Kier molecular flexibility index (Phi) is 3.17. The molecule has 1 aliphatic heterocycles. The first-order chi connectivity index (χ1) is 9.71. The van der Waals surface area contributed by atoms with Gasteiger partial charge in [0.2, 0.25) is 0 Å². The Morgan fingerprint density at radius 2 is 1.75 bits per heavy atom. The molecule has 2 amide bonds. The maximum Gasteiger partial charge on any atom is 0.315 e. The minimum atomic E-state index is 0.0823. The number of urea groups is 1. The van der Waals surface area contributed by atoms with Crippen LogP contribution in [0.4, 0.5) is 4.79 Å². The molecular formula is C16H27N3O. The van der Waals surface area contributed by atoms with Crippen molar-refractivity contribution in [2.75, 3.05) is 19.6 Å². The van der Waals surface area contributed by atoms with Gasteiger partial charge in [0.15, 0.2) is 0 Å². The number of nitrogens with one attached hydrogen (secondary N) is 3. The quantitative estimate of drug-likeness (QED) is 0.737. The lowest BCUT2D eigenvalue weighted by molar-refractivity contribution is -0.0135. The molecule has 4 saturated carbocycles. The van der Waals surface area contributed by atoms with Crippen LogP contribution >= 0.6 is 0 Å². The van der Waals surface area contributed by atoms with E-state index in [0.717, 1.165) is 37.4 Å². The molecule has 1 saturated heterocycles. The van der Waals surface area contributed by atoms with Gasteiger partial charge in [-0.1, -0.05) is 0 Å². The third-order valence-corrected chi connectivity index (χ3v) is 6.13. The van der Waals surface area contributed by atoms with E-state index in [1.54, 1.807) is 0 Å². The Bertz CT molecular complexity index is 354. The zero-order valence-corrected chi connectivity index (χ0v) is 12.3. The van der Waals surface area contributed by atoms with Gasteiger partial charge in [0.05, 0.1) is 0 Å². The summed E-state index contributed by atoms with van der Waals surface area (Å²) >= 11 is 0. The first-order valence-corrected chi connectivity index (χ1v) is 8.47. The van der Waals surface area contributed by atoms with Crippen LogP contribution in [-0.4, -0.2) is 31.2 Å². The van der Waals surface area contributed by atoms with E-state index in [9.17, 15) is 4.79 Å². The molecule has 3 N–H and O–H groups in total. The van der Waals surface area contributed by atoms with E-state index in [1.807, 2.05) is 0 Å². The topological polar surface area (TPSA) is 53.2 Å². The minimum absolute atomic E-state index is 0.0823. The van der Waals surface area contributed by atoms with Gasteiger partial charge >= 0.3 is 6.03 Å². The molecule has 5 rings (SSSR count). The summed E-state index contributed by atoms with van der Waals surface area (Å²) in [6.45, 7) is 2.98. The second-order valence-electron chi connectivity index (χ2n) is 7.89. The van der Waals surface area contributed by atoms with Crippen LogP contribution in [0.1, 0.15) is 44.9 Å². The molecule has 0 aromatic rings. The van der Waals surface area contributed by atoms with E-state index in [2.05, 4.69) is 16.0 Å². The van der Waals surface area contributed by atoms with Crippen molar-refractivity contribution in [3.8, 4) is 0 Å². The van der Waals surface area contributed by atoms with Crippen molar-refractivity contribution >= 4 is 6.03 Å². The van der Waals surface area contributed by atoms with E-state index in [0.29, 0.717) is 5.92 Å². The Morgan fingerprint density at radius 3 is 2.30 bits per heavy atom. The van der Waals surface area contributed by atoms with Crippen LogP contribution in [0.5, 0.6) is 0 Å². The zero-order valence-electron chi connectivity index (χ0n) is 12.3. The van der Waals surface area contributed by atoms with Crippen molar-refractivity contribution in [2.45, 2.75) is 50.5 Å². The van der Waals surface area contributed by atoms with Crippen molar-refractivity contribution in [3.63, 3.8) is 0 Å². The van der Waals surface area contributed by atoms with Crippen LogP contribution in [0.25, 0.3) is 0 Å². The molecule has 0 spiro atoms. The summed E-state index contributed by atoms with van der Waals surface area (Å²) in [5, 5.41) is 9.84. The average Bonchev–Trinajstić information content (AvgIpc) is 2.87. The minimum Gasteiger partial charge on any atom is -0.338 e. The van der Waals surface area contributed by atoms with Gasteiger partial charge in [-0.25, -0.2) is 4.79 Å². The van der Waals surface area contributed by atoms with Crippen LogP contribution in [0, 0.1) is 23.7 Å². The van der Waals surface area contributed by atoms with Crippen molar-refractivity contribution < 1.29 is 4.79 Å². The highest BCUT2D eigenvalue weighted by molar-refractivity contribution is 5.74. The van der Waals surface area contributed by atoms with Gasteiger partial charge in [-0.15, -0.1) is 0 Å². The molecular weight excluding hydrogens is 250 g/mol. The molecule has 112 valence electrons. The highest BCUT2D eigenvalue weighted by atomic mass is 16.2. The van der Waals surface area contributed by atoms with Gasteiger partial charge in [-0.05, 0) is 81.7 Å². The predicted molar refractivity (Wildman–Crippen MR) is 78.4 cm³/mol. The van der Waals surface area contributed by atoms with E-state index in [-0.39, 0.29) is 11.6 Å². The normalized spacial score (nSPS) is 45.6. The molecule has 20 heavy (non-hydrogen) atoms. The first-order valence-electron chi connectivity index (χ1n) is 8.47. The van der Waals surface area contributed by atoms with Gasteiger partial charge in [-0.2, -0.15) is 0 Å². The number of amides is 2. The van der Waals surface area contributed by atoms with Crippen LogP contribution < -0.4 is 16.0 Å². The SMILES string of the molecule is O=C(NCC1CCNC1)NC12CC3CC(CC(C3)C1)C2. The van der Waals surface area contributed by atoms with Gasteiger partial charge < -0.3 is 16.0 Å². The summed E-state index contributed by atoms with van der Waals surface area (Å²) in [5.41, 5.74) is 0.146. The lowest BCUT2D eigenvalue weighted by Gasteiger charge is -2.56. The van der Waals surface area contributed by atoms with E-state index in [4.69, 9.17) is 0 Å². The molecule has 0 aromatic carbocycles. The van der Waals surface area contributed by atoms with Gasteiger partial charge in [0.25, 0.3) is 0 Å². The smallest absolute Gasteiger partial charge is 0.315 e. The van der Waals surface area contributed by atoms with Crippen molar-refractivity contribution in [1.82, 2.24) is 16.0 Å². The summed E-state index contributed by atoms with van der Waals surface area (Å²) < 4.78 is 0. The highest BCUT2D eigenvalue weighted by Gasteiger charge is 2.51. The lowest BCUT2D eigenvalue weighted by atomic mass is 9.53.